The lowest BCUT2D eigenvalue weighted by atomic mass is 9.75. The van der Waals surface area contributed by atoms with Gasteiger partial charge in [0.2, 0.25) is 11.8 Å². The number of nitrogens with zero attached hydrogens (tertiary/aromatic N) is 1. The molecule has 166 valence electrons. The minimum absolute atomic E-state index is 0.376. The van der Waals surface area contributed by atoms with Gasteiger partial charge in [0, 0.05) is 6.04 Å². The molecule has 2 amide bonds. The predicted molar refractivity (Wildman–Crippen MR) is 123 cm³/mol. The zero-order chi connectivity index (χ0) is 23.3. The molecule has 6 nitrogen and oxygen atoms in total. The molecule has 0 radical (unpaired) electrons. The van der Waals surface area contributed by atoms with Gasteiger partial charge in [-0.25, -0.2) is 9.69 Å². The highest BCUT2D eigenvalue weighted by Crippen LogP contribution is 2.54. The minimum atomic E-state index is -1.73. The number of aryl methyl sites for hydroxylation is 2. The molecule has 4 atom stereocenters. The van der Waals surface area contributed by atoms with Crippen LogP contribution in [0.15, 0.2) is 78.9 Å². The summed E-state index contributed by atoms with van der Waals surface area (Å²) < 4.78 is 0. The van der Waals surface area contributed by atoms with E-state index in [2.05, 4.69) is 5.32 Å². The number of fused-ring (bicyclic) bond motifs is 1. The van der Waals surface area contributed by atoms with E-state index < -0.39 is 35.3 Å². The van der Waals surface area contributed by atoms with Crippen molar-refractivity contribution >= 4 is 23.5 Å². The van der Waals surface area contributed by atoms with Crippen molar-refractivity contribution in [1.29, 1.82) is 0 Å². The Kier molecular flexibility index (Phi) is 4.91. The summed E-state index contributed by atoms with van der Waals surface area (Å²) in [7, 11) is 0. The third-order valence-corrected chi connectivity index (χ3v) is 7.01. The van der Waals surface area contributed by atoms with Crippen molar-refractivity contribution in [3.05, 3.63) is 101 Å². The van der Waals surface area contributed by atoms with E-state index in [4.69, 9.17) is 0 Å². The number of hydrogen-bond acceptors (Lipinski definition) is 4. The average molecular weight is 440 g/mol. The monoisotopic (exact) mass is 440 g/mol. The molecule has 2 saturated heterocycles. The van der Waals surface area contributed by atoms with Crippen LogP contribution in [0.25, 0.3) is 0 Å². The van der Waals surface area contributed by atoms with Gasteiger partial charge in [-0.2, -0.15) is 0 Å². The normalized spacial score (nSPS) is 26.5. The van der Waals surface area contributed by atoms with Gasteiger partial charge in [-0.15, -0.1) is 0 Å². The fourth-order valence-electron chi connectivity index (χ4n) is 5.45. The molecule has 2 N–H and O–H groups in total. The van der Waals surface area contributed by atoms with Gasteiger partial charge in [0.25, 0.3) is 0 Å². The van der Waals surface area contributed by atoms with Crippen molar-refractivity contribution in [1.82, 2.24) is 5.32 Å². The van der Waals surface area contributed by atoms with E-state index in [1.807, 2.05) is 50.2 Å². The number of carboxylic acid groups (broad SMARTS) is 1. The molecule has 2 aliphatic heterocycles. The van der Waals surface area contributed by atoms with Crippen LogP contribution >= 0.6 is 0 Å². The van der Waals surface area contributed by atoms with Gasteiger partial charge in [-0.3, -0.25) is 14.9 Å². The molecule has 0 bridgehead atoms. The van der Waals surface area contributed by atoms with E-state index in [0.717, 1.165) is 16.7 Å². The second-order valence-electron chi connectivity index (χ2n) is 8.76. The van der Waals surface area contributed by atoms with Crippen LogP contribution < -0.4 is 10.2 Å². The van der Waals surface area contributed by atoms with Gasteiger partial charge in [0.15, 0.2) is 5.54 Å². The molecule has 33 heavy (non-hydrogen) atoms. The van der Waals surface area contributed by atoms with Crippen molar-refractivity contribution < 1.29 is 19.5 Å². The fraction of sp³-hybridized carbons (Fsp3) is 0.222. The predicted octanol–water partition coefficient (Wildman–Crippen LogP) is 3.73. The summed E-state index contributed by atoms with van der Waals surface area (Å²) in [5, 5.41) is 13.8. The fourth-order valence-corrected chi connectivity index (χ4v) is 5.45. The van der Waals surface area contributed by atoms with Gasteiger partial charge >= 0.3 is 5.97 Å². The van der Waals surface area contributed by atoms with Crippen molar-refractivity contribution in [2.24, 2.45) is 11.8 Å². The highest BCUT2D eigenvalue weighted by molar-refractivity contribution is 6.24. The second kappa shape index (κ2) is 7.67. The number of hydrogen-bond donors (Lipinski definition) is 2. The Morgan fingerprint density at radius 3 is 2.09 bits per heavy atom. The third-order valence-electron chi connectivity index (χ3n) is 7.01. The topological polar surface area (TPSA) is 86.7 Å². The van der Waals surface area contributed by atoms with Crippen LogP contribution in [-0.4, -0.2) is 22.9 Å². The summed E-state index contributed by atoms with van der Waals surface area (Å²) in [6, 6.07) is 22.8. The quantitative estimate of drug-likeness (QED) is 0.604. The smallest absolute Gasteiger partial charge is 0.329 e. The van der Waals surface area contributed by atoms with Crippen molar-refractivity contribution in [2.75, 3.05) is 4.90 Å². The standard InChI is InChI=1S/C27H24N2O4/c1-16-10-6-8-14-19(16)23-21-22(27(28-23,26(32)33)18-12-4-3-5-13-18)25(31)29(24(21)30)20-15-9-7-11-17(20)2/h3-15,21-23,28H,1-2H3,(H,32,33). The maximum absolute atomic E-state index is 13.9. The Morgan fingerprint density at radius 2 is 1.45 bits per heavy atom. The Labute approximate surface area is 191 Å². The molecule has 0 aliphatic carbocycles. The number of rotatable bonds is 4. The number of carboxylic acids is 1. The second-order valence-corrected chi connectivity index (χ2v) is 8.76. The summed E-state index contributed by atoms with van der Waals surface area (Å²) in [5.41, 5.74) is 1.74. The number of carbonyl (C=O) groups excluding carboxylic acids is 2. The summed E-state index contributed by atoms with van der Waals surface area (Å²) in [6.45, 7) is 3.76. The molecular weight excluding hydrogens is 416 g/mol. The van der Waals surface area contributed by atoms with Gasteiger partial charge < -0.3 is 5.11 Å². The number of nitrogens with one attached hydrogen (secondary N) is 1. The first-order chi connectivity index (χ1) is 15.9. The Hall–Kier alpha value is -3.77. The molecule has 2 fully saturated rings. The molecule has 0 aromatic heterocycles. The lowest BCUT2D eigenvalue weighted by molar-refractivity contribution is -0.149. The molecule has 3 aromatic carbocycles. The van der Waals surface area contributed by atoms with E-state index in [-0.39, 0.29) is 5.91 Å². The molecule has 0 saturated carbocycles. The highest BCUT2D eigenvalue weighted by atomic mass is 16.4. The molecular formula is C27H24N2O4. The summed E-state index contributed by atoms with van der Waals surface area (Å²) in [6.07, 6.45) is 0. The van der Waals surface area contributed by atoms with Crippen LogP contribution in [0.5, 0.6) is 0 Å². The Bertz CT molecular complexity index is 1270. The number of carbonyl (C=O) groups is 3. The third kappa shape index (κ3) is 2.94. The first kappa shape index (κ1) is 21.1. The number of benzene rings is 3. The molecule has 2 aliphatic rings. The maximum Gasteiger partial charge on any atom is 0.329 e. The van der Waals surface area contributed by atoms with Crippen LogP contribution in [0.1, 0.15) is 28.3 Å². The first-order valence-electron chi connectivity index (χ1n) is 10.9. The van der Waals surface area contributed by atoms with E-state index in [9.17, 15) is 19.5 Å². The van der Waals surface area contributed by atoms with E-state index >= 15 is 0 Å². The average Bonchev–Trinajstić information content (AvgIpc) is 3.30. The van der Waals surface area contributed by atoms with Gasteiger partial charge in [-0.05, 0) is 42.2 Å². The summed E-state index contributed by atoms with van der Waals surface area (Å²) >= 11 is 0. The van der Waals surface area contributed by atoms with E-state index in [0.29, 0.717) is 11.3 Å². The number of anilines is 1. The zero-order valence-electron chi connectivity index (χ0n) is 18.4. The first-order valence-corrected chi connectivity index (χ1v) is 10.9. The van der Waals surface area contributed by atoms with Gasteiger partial charge in [-0.1, -0.05) is 72.8 Å². The highest BCUT2D eigenvalue weighted by Gasteiger charge is 2.69. The Morgan fingerprint density at radius 1 is 0.848 bits per heavy atom. The van der Waals surface area contributed by atoms with Crippen LogP contribution in [0, 0.1) is 25.7 Å². The van der Waals surface area contributed by atoms with Crippen molar-refractivity contribution in [2.45, 2.75) is 25.4 Å². The lowest BCUT2D eigenvalue weighted by Gasteiger charge is -2.32. The number of imide groups is 1. The molecule has 4 unspecified atom stereocenters. The maximum atomic E-state index is 13.9. The van der Waals surface area contributed by atoms with Gasteiger partial charge in [0.1, 0.15) is 0 Å². The van der Waals surface area contributed by atoms with Crippen LogP contribution in [0.3, 0.4) is 0 Å². The van der Waals surface area contributed by atoms with Gasteiger partial charge in [0.05, 0.1) is 17.5 Å². The summed E-state index contributed by atoms with van der Waals surface area (Å²) in [5.74, 6) is -3.98. The largest absolute Gasteiger partial charge is 0.480 e. The number of para-hydroxylation sites is 1. The zero-order valence-corrected chi connectivity index (χ0v) is 18.4. The number of amides is 2. The van der Waals surface area contributed by atoms with Crippen LogP contribution in [0.4, 0.5) is 5.69 Å². The van der Waals surface area contributed by atoms with Crippen LogP contribution in [0.2, 0.25) is 0 Å². The minimum Gasteiger partial charge on any atom is -0.480 e. The van der Waals surface area contributed by atoms with E-state index in [1.165, 1.54) is 4.90 Å². The summed E-state index contributed by atoms with van der Waals surface area (Å²) in [4.78, 5) is 41.9. The molecule has 2 heterocycles. The molecule has 5 rings (SSSR count). The molecule has 3 aromatic rings. The molecule has 6 heteroatoms. The SMILES string of the molecule is Cc1ccccc1C1NC(C(=O)O)(c2ccccc2)C2C(=O)N(c3ccccc3C)C(=O)C12. The van der Waals surface area contributed by atoms with E-state index in [1.54, 1.807) is 42.5 Å². The van der Waals surface area contributed by atoms with Crippen LogP contribution in [-0.2, 0) is 19.9 Å². The lowest BCUT2D eigenvalue weighted by Crippen LogP contribution is -2.53. The molecule has 0 spiro atoms. The Balaban J connectivity index is 1.75. The number of aliphatic carboxylic acids is 1. The van der Waals surface area contributed by atoms with Crippen molar-refractivity contribution in [3.8, 4) is 0 Å². The van der Waals surface area contributed by atoms with Crippen molar-refractivity contribution in [3.63, 3.8) is 0 Å².